The number of halogens is 4. The van der Waals surface area contributed by atoms with Crippen molar-refractivity contribution < 1.29 is 22.7 Å². The Hall–Kier alpha value is -2.59. The first kappa shape index (κ1) is 19.2. The number of rotatable bonds is 4. The highest BCUT2D eigenvalue weighted by atomic mass is 35.5. The van der Waals surface area contributed by atoms with Crippen LogP contribution in [0.3, 0.4) is 0 Å². The third kappa shape index (κ3) is 3.91. The Morgan fingerprint density at radius 1 is 1.41 bits per heavy atom. The number of nitrogens with zero attached hydrogens (tertiary/aromatic N) is 3. The number of fused-ring (bicyclic) bond motifs is 1. The van der Waals surface area contributed by atoms with E-state index >= 15 is 0 Å². The molecule has 0 aromatic heterocycles. The third-order valence-electron chi connectivity index (χ3n) is 3.33. The Kier molecular flexibility index (Phi) is 5.11. The van der Waals surface area contributed by atoms with Crippen molar-refractivity contribution in [2.45, 2.75) is 6.18 Å². The number of nitrogens with one attached hydrogen (secondary N) is 1. The maximum absolute atomic E-state index is 12.8. The lowest BCUT2D eigenvalue weighted by Crippen LogP contribution is -2.35. The molecule has 2 aliphatic rings. The van der Waals surface area contributed by atoms with Crippen molar-refractivity contribution in [1.82, 2.24) is 5.01 Å². The predicted molar refractivity (Wildman–Crippen MR) is 98.2 cm³/mol. The van der Waals surface area contributed by atoms with E-state index in [1.54, 1.807) is 12.1 Å². The predicted octanol–water partition coefficient (Wildman–Crippen LogP) is 4.09. The molecule has 27 heavy (non-hydrogen) atoms. The molecule has 0 fully saturated rings. The van der Waals surface area contributed by atoms with Gasteiger partial charge in [-0.15, -0.1) is 0 Å². The summed E-state index contributed by atoms with van der Waals surface area (Å²) in [6.07, 6.45) is -1.90. The average molecular weight is 415 g/mol. The van der Waals surface area contributed by atoms with E-state index in [9.17, 15) is 18.0 Å². The number of benzene rings is 1. The summed E-state index contributed by atoms with van der Waals surface area (Å²) >= 11 is 6.16. The van der Waals surface area contributed by atoms with Gasteiger partial charge in [0, 0.05) is 10.6 Å². The number of alkyl halides is 3. The number of hydrazone groups is 1. The van der Waals surface area contributed by atoms with E-state index in [2.05, 4.69) is 16.7 Å². The van der Waals surface area contributed by atoms with Crippen molar-refractivity contribution >= 4 is 51.4 Å². The van der Waals surface area contributed by atoms with E-state index in [-0.39, 0.29) is 29.1 Å². The summed E-state index contributed by atoms with van der Waals surface area (Å²) in [5.41, 5.74) is 0.125. The van der Waals surface area contributed by atoms with E-state index in [1.165, 1.54) is 18.2 Å². The second kappa shape index (κ2) is 7.20. The Labute approximate surface area is 160 Å². The van der Waals surface area contributed by atoms with Crippen molar-refractivity contribution in [3.63, 3.8) is 0 Å². The van der Waals surface area contributed by atoms with Crippen molar-refractivity contribution in [2.75, 3.05) is 6.61 Å². The molecule has 0 spiro atoms. The molecule has 6 nitrogen and oxygen atoms in total. The van der Waals surface area contributed by atoms with Crippen LogP contribution in [-0.4, -0.2) is 39.7 Å². The van der Waals surface area contributed by atoms with Gasteiger partial charge in [0.2, 0.25) is 10.2 Å². The van der Waals surface area contributed by atoms with E-state index < -0.39 is 23.0 Å². The molecule has 0 aliphatic carbocycles. The fourth-order valence-corrected chi connectivity index (χ4v) is 3.11. The zero-order valence-corrected chi connectivity index (χ0v) is 15.0. The lowest BCUT2D eigenvalue weighted by molar-refractivity contribution is -0.114. The van der Waals surface area contributed by atoms with E-state index in [4.69, 9.17) is 21.7 Å². The lowest BCUT2D eigenvalue weighted by Gasteiger charge is -2.20. The highest BCUT2D eigenvalue weighted by Gasteiger charge is 2.46. The molecule has 3 rings (SSSR count). The highest BCUT2D eigenvalue weighted by molar-refractivity contribution is 8.27. The maximum atomic E-state index is 12.8. The second-order valence-electron chi connectivity index (χ2n) is 5.20. The summed E-state index contributed by atoms with van der Waals surface area (Å²) < 4.78 is 44.0. The van der Waals surface area contributed by atoms with Gasteiger partial charge in [0.1, 0.15) is 12.4 Å². The van der Waals surface area contributed by atoms with E-state index in [1.807, 2.05) is 0 Å². The molecule has 0 radical (unpaired) electrons. The number of thioether (sulfide) groups is 1. The zero-order chi connectivity index (χ0) is 19.8. The summed E-state index contributed by atoms with van der Waals surface area (Å²) in [5, 5.41) is 10.9. The van der Waals surface area contributed by atoms with Crippen LogP contribution in [0.1, 0.15) is 5.56 Å². The quantitative estimate of drug-likeness (QED) is 0.594. The number of ether oxygens (including phenoxy) is 1. The number of amides is 1. The molecule has 1 amide bonds. The van der Waals surface area contributed by atoms with Crippen LogP contribution in [0.4, 0.5) is 13.2 Å². The molecule has 2 heterocycles. The molecule has 0 atom stereocenters. The van der Waals surface area contributed by atoms with Gasteiger partial charge in [-0.3, -0.25) is 10.2 Å². The van der Waals surface area contributed by atoms with Crippen LogP contribution < -0.4 is 4.74 Å². The fourth-order valence-electron chi connectivity index (χ4n) is 2.17. The number of hydrogen-bond acceptors (Lipinski definition) is 5. The van der Waals surface area contributed by atoms with Gasteiger partial charge < -0.3 is 4.74 Å². The minimum atomic E-state index is -4.70. The molecule has 0 saturated heterocycles. The molecule has 0 unspecified atom stereocenters. The van der Waals surface area contributed by atoms with Gasteiger partial charge >= 0.3 is 6.18 Å². The van der Waals surface area contributed by atoms with Gasteiger partial charge in [-0.2, -0.15) is 28.3 Å². The zero-order valence-electron chi connectivity index (χ0n) is 13.4. The van der Waals surface area contributed by atoms with E-state index in [0.29, 0.717) is 21.3 Å². The van der Waals surface area contributed by atoms with Crippen LogP contribution in [0, 0.1) is 5.41 Å². The Bertz CT molecular complexity index is 940. The minimum absolute atomic E-state index is 0.188. The number of amidine groups is 2. The van der Waals surface area contributed by atoms with Gasteiger partial charge in [0.15, 0.2) is 5.84 Å². The number of hydrogen-bond donors (Lipinski definition) is 1. The molecule has 0 bridgehead atoms. The minimum Gasteiger partial charge on any atom is -0.489 e. The molecule has 0 saturated carbocycles. The standard InChI is InChI=1S/C16H10ClF3N4O2S/c1-2-5-26-11-4-3-9(17)6-8(11)7-10-12(21)24-15(22-13(10)25)27-14(23-24)16(18,19)20/h2-4,6-7,21H,1,5H2/b10-7+,21-12?. The first-order valence-corrected chi connectivity index (χ1v) is 8.51. The van der Waals surface area contributed by atoms with Gasteiger partial charge in [-0.05, 0) is 36.0 Å². The van der Waals surface area contributed by atoms with Crippen LogP contribution in [0.15, 0.2) is 46.5 Å². The first-order chi connectivity index (χ1) is 12.7. The van der Waals surface area contributed by atoms with Crippen molar-refractivity contribution in [2.24, 2.45) is 10.1 Å². The van der Waals surface area contributed by atoms with E-state index in [0.717, 1.165) is 0 Å². The largest absolute Gasteiger partial charge is 0.489 e. The Morgan fingerprint density at radius 2 is 2.15 bits per heavy atom. The van der Waals surface area contributed by atoms with Crippen molar-refractivity contribution in [3.05, 3.63) is 47.0 Å². The maximum Gasteiger partial charge on any atom is 0.441 e. The van der Waals surface area contributed by atoms with Gasteiger partial charge in [-0.25, -0.2) is 0 Å². The number of carbonyl (C=O) groups is 1. The molecular weight excluding hydrogens is 405 g/mol. The van der Waals surface area contributed by atoms with Gasteiger partial charge in [0.25, 0.3) is 5.91 Å². The SMILES string of the molecule is C=CCOc1ccc(Cl)cc1/C=C1\C(=N)N2N=C(C(F)(F)F)SC2=NC1=O. The number of aliphatic imine (C=N–C) groups is 1. The normalized spacial score (nSPS) is 18.4. The summed E-state index contributed by atoms with van der Waals surface area (Å²) in [4.78, 5) is 15.9. The average Bonchev–Trinajstić information content (AvgIpc) is 3.02. The topological polar surface area (TPSA) is 78.1 Å². The van der Waals surface area contributed by atoms with Crippen LogP contribution >= 0.6 is 23.4 Å². The number of carbonyl (C=O) groups excluding carboxylic acids is 1. The third-order valence-corrected chi connectivity index (χ3v) is 4.51. The molecular formula is C16H10ClF3N4O2S. The van der Waals surface area contributed by atoms with Crippen LogP contribution in [0.25, 0.3) is 6.08 Å². The van der Waals surface area contributed by atoms with Crippen LogP contribution in [-0.2, 0) is 4.79 Å². The summed E-state index contributed by atoms with van der Waals surface area (Å²) in [5.74, 6) is -1.02. The lowest BCUT2D eigenvalue weighted by atomic mass is 10.1. The Balaban J connectivity index is 2.01. The molecule has 1 N–H and O–H groups in total. The van der Waals surface area contributed by atoms with Crippen LogP contribution in [0.5, 0.6) is 5.75 Å². The molecule has 140 valence electrons. The Morgan fingerprint density at radius 3 is 2.81 bits per heavy atom. The summed E-state index contributed by atoms with van der Waals surface area (Å²) in [6, 6.07) is 4.63. The van der Waals surface area contributed by atoms with Crippen molar-refractivity contribution in [3.8, 4) is 5.75 Å². The first-order valence-electron chi connectivity index (χ1n) is 7.31. The summed E-state index contributed by atoms with van der Waals surface area (Å²) in [7, 11) is 0. The second-order valence-corrected chi connectivity index (χ2v) is 6.60. The smallest absolute Gasteiger partial charge is 0.441 e. The summed E-state index contributed by atoms with van der Waals surface area (Å²) in [6.45, 7) is 3.73. The molecule has 1 aromatic rings. The molecule has 11 heteroatoms. The highest BCUT2D eigenvalue weighted by Crippen LogP contribution is 2.36. The monoisotopic (exact) mass is 414 g/mol. The van der Waals surface area contributed by atoms with Crippen molar-refractivity contribution in [1.29, 1.82) is 5.41 Å². The van der Waals surface area contributed by atoms with Gasteiger partial charge in [0.05, 0.1) is 5.57 Å². The van der Waals surface area contributed by atoms with Gasteiger partial charge in [-0.1, -0.05) is 24.3 Å². The van der Waals surface area contributed by atoms with Crippen LogP contribution in [0.2, 0.25) is 5.02 Å². The molecule has 2 aliphatic heterocycles. The molecule has 1 aromatic carbocycles. The fraction of sp³-hybridized carbons (Fsp3) is 0.125.